The number of rotatable bonds is 4. The van der Waals surface area contributed by atoms with Gasteiger partial charge in [-0.25, -0.2) is 4.79 Å². The Hall–Kier alpha value is -1.62. The monoisotopic (exact) mass is 298 g/mol. The van der Waals surface area contributed by atoms with Gasteiger partial charge in [-0.05, 0) is 37.1 Å². The molecule has 0 aliphatic rings. The fourth-order valence-electron chi connectivity index (χ4n) is 1.52. The van der Waals surface area contributed by atoms with E-state index in [0.29, 0.717) is 12.1 Å². The summed E-state index contributed by atoms with van der Waals surface area (Å²) in [6, 6.07) is 7.04. The molecule has 20 heavy (non-hydrogen) atoms. The first kappa shape index (κ1) is 16.4. The normalized spacial score (nSPS) is 12.7. The highest BCUT2D eigenvalue weighted by molar-refractivity contribution is 6.20. The van der Waals surface area contributed by atoms with E-state index in [4.69, 9.17) is 16.3 Å². The third-order valence-corrected chi connectivity index (χ3v) is 2.80. The van der Waals surface area contributed by atoms with Gasteiger partial charge in [0.15, 0.2) is 5.50 Å². The summed E-state index contributed by atoms with van der Waals surface area (Å²) >= 11 is 5.71. The maximum absolute atomic E-state index is 11.8. The van der Waals surface area contributed by atoms with Crippen LogP contribution in [0.4, 0.5) is 4.79 Å². The fourth-order valence-corrected chi connectivity index (χ4v) is 1.67. The zero-order valence-electron chi connectivity index (χ0n) is 12.1. The van der Waals surface area contributed by atoms with Gasteiger partial charge in [-0.3, -0.25) is 0 Å². The molecule has 5 nitrogen and oxygen atoms in total. The van der Waals surface area contributed by atoms with Gasteiger partial charge in [0.2, 0.25) is 0 Å². The van der Waals surface area contributed by atoms with E-state index in [9.17, 15) is 9.70 Å². The van der Waals surface area contributed by atoms with Gasteiger partial charge in [0.1, 0.15) is 5.60 Å². The first-order chi connectivity index (χ1) is 9.23. The van der Waals surface area contributed by atoms with E-state index < -0.39 is 11.1 Å². The Kier molecular flexibility index (Phi) is 5.51. The SMILES string of the molecule is CN(Cc1ccc(C(Cl)N=O)cc1)C(=O)OC(C)(C)C. The Bertz CT molecular complexity index is 468. The molecule has 0 aliphatic heterocycles. The lowest BCUT2D eigenvalue weighted by Gasteiger charge is -2.24. The smallest absolute Gasteiger partial charge is 0.410 e. The Labute approximate surface area is 123 Å². The second kappa shape index (κ2) is 6.70. The second-order valence-corrected chi connectivity index (χ2v) is 5.93. The summed E-state index contributed by atoms with van der Waals surface area (Å²) in [4.78, 5) is 23.6. The molecular weight excluding hydrogens is 280 g/mol. The van der Waals surface area contributed by atoms with Crippen molar-refractivity contribution in [3.8, 4) is 0 Å². The molecule has 1 aromatic carbocycles. The molecule has 1 aromatic rings. The van der Waals surface area contributed by atoms with Crippen LogP contribution in [-0.4, -0.2) is 23.6 Å². The average molecular weight is 299 g/mol. The van der Waals surface area contributed by atoms with Crippen LogP contribution < -0.4 is 0 Å². The minimum absolute atomic E-state index is 0.383. The molecular formula is C14H19ClN2O3. The Morgan fingerprint density at radius 3 is 2.35 bits per heavy atom. The first-order valence-electron chi connectivity index (χ1n) is 6.22. The third-order valence-electron chi connectivity index (χ3n) is 2.47. The second-order valence-electron chi connectivity index (χ2n) is 5.52. The largest absolute Gasteiger partial charge is 0.444 e. The number of alkyl halides is 1. The lowest BCUT2D eigenvalue weighted by Crippen LogP contribution is -2.33. The van der Waals surface area contributed by atoms with Crippen LogP contribution in [0.1, 0.15) is 37.4 Å². The number of halogens is 1. The van der Waals surface area contributed by atoms with E-state index in [-0.39, 0.29) is 6.09 Å². The van der Waals surface area contributed by atoms with Crippen molar-refractivity contribution in [2.24, 2.45) is 5.18 Å². The summed E-state index contributed by atoms with van der Waals surface area (Å²) in [7, 11) is 1.67. The number of benzene rings is 1. The highest BCUT2D eigenvalue weighted by Crippen LogP contribution is 2.22. The van der Waals surface area contributed by atoms with Gasteiger partial charge in [-0.1, -0.05) is 35.9 Å². The Morgan fingerprint density at radius 1 is 1.35 bits per heavy atom. The lowest BCUT2D eigenvalue weighted by molar-refractivity contribution is 0.0285. The molecule has 1 unspecified atom stereocenters. The molecule has 0 bridgehead atoms. The molecule has 0 aliphatic carbocycles. The average Bonchev–Trinajstić information content (AvgIpc) is 2.36. The van der Waals surface area contributed by atoms with Crippen LogP contribution >= 0.6 is 11.6 Å². The molecule has 1 amide bonds. The first-order valence-corrected chi connectivity index (χ1v) is 6.66. The molecule has 0 saturated carbocycles. The summed E-state index contributed by atoms with van der Waals surface area (Å²) in [6.45, 7) is 5.87. The van der Waals surface area contributed by atoms with E-state index in [1.807, 2.05) is 20.8 Å². The molecule has 0 saturated heterocycles. The van der Waals surface area contributed by atoms with Gasteiger partial charge in [0.05, 0.1) is 0 Å². The van der Waals surface area contributed by atoms with Crippen molar-refractivity contribution in [3.63, 3.8) is 0 Å². The molecule has 6 heteroatoms. The molecule has 0 spiro atoms. The Morgan fingerprint density at radius 2 is 1.90 bits per heavy atom. The third kappa shape index (κ3) is 5.17. The summed E-state index contributed by atoms with van der Waals surface area (Å²) in [6.07, 6.45) is -0.383. The van der Waals surface area contributed by atoms with Crippen molar-refractivity contribution >= 4 is 17.7 Å². The number of carbonyl (C=O) groups excluding carboxylic acids is 1. The van der Waals surface area contributed by atoms with Gasteiger partial charge in [-0.2, -0.15) is 0 Å². The van der Waals surface area contributed by atoms with E-state index in [1.54, 1.807) is 31.3 Å². The predicted octanol–water partition coefficient (Wildman–Crippen LogP) is 4.06. The molecule has 110 valence electrons. The maximum atomic E-state index is 11.8. The molecule has 0 aromatic heterocycles. The van der Waals surface area contributed by atoms with Crippen molar-refractivity contribution in [2.75, 3.05) is 7.05 Å². The van der Waals surface area contributed by atoms with Crippen LogP contribution in [-0.2, 0) is 11.3 Å². The van der Waals surface area contributed by atoms with Crippen LogP contribution in [0.5, 0.6) is 0 Å². The minimum atomic E-state index is -0.882. The molecule has 0 fully saturated rings. The zero-order chi connectivity index (χ0) is 15.3. The molecule has 1 atom stereocenters. The van der Waals surface area contributed by atoms with Gasteiger partial charge < -0.3 is 9.64 Å². The van der Waals surface area contributed by atoms with Crippen molar-refractivity contribution in [2.45, 2.75) is 38.4 Å². The molecule has 0 radical (unpaired) electrons. The topological polar surface area (TPSA) is 59.0 Å². The van der Waals surface area contributed by atoms with Crippen LogP contribution in [0.2, 0.25) is 0 Å². The molecule has 0 N–H and O–H groups in total. The summed E-state index contributed by atoms with van der Waals surface area (Å²) < 4.78 is 5.26. The fraction of sp³-hybridized carbons (Fsp3) is 0.500. The van der Waals surface area contributed by atoms with Crippen LogP contribution in [0, 0.1) is 4.91 Å². The van der Waals surface area contributed by atoms with E-state index in [0.717, 1.165) is 5.56 Å². The number of carbonyl (C=O) groups is 1. The van der Waals surface area contributed by atoms with E-state index in [2.05, 4.69) is 5.18 Å². The maximum Gasteiger partial charge on any atom is 0.410 e. The number of ether oxygens (including phenoxy) is 1. The highest BCUT2D eigenvalue weighted by Gasteiger charge is 2.19. The van der Waals surface area contributed by atoms with Crippen molar-refractivity contribution in [1.82, 2.24) is 4.90 Å². The number of hydrogen-bond acceptors (Lipinski definition) is 4. The summed E-state index contributed by atoms with van der Waals surface area (Å²) in [5.41, 5.74) is 0.145. The quantitative estimate of drug-likeness (QED) is 0.478. The van der Waals surface area contributed by atoms with E-state index >= 15 is 0 Å². The Balaban J connectivity index is 2.64. The number of amides is 1. The zero-order valence-corrected chi connectivity index (χ0v) is 12.8. The number of hydrogen-bond donors (Lipinski definition) is 0. The van der Waals surface area contributed by atoms with Gasteiger partial charge in [-0.15, -0.1) is 4.91 Å². The summed E-state index contributed by atoms with van der Waals surface area (Å²) in [5, 5.41) is 2.75. The highest BCUT2D eigenvalue weighted by atomic mass is 35.5. The predicted molar refractivity (Wildman–Crippen MR) is 78.5 cm³/mol. The minimum Gasteiger partial charge on any atom is -0.444 e. The summed E-state index contributed by atoms with van der Waals surface area (Å²) in [5.74, 6) is 0. The van der Waals surface area contributed by atoms with Crippen LogP contribution in [0.25, 0.3) is 0 Å². The van der Waals surface area contributed by atoms with Crippen LogP contribution in [0.3, 0.4) is 0 Å². The van der Waals surface area contributed by atoms with Crippen molar-refractivity contribution in [3.05, 3.63) is 40.3 Å². The van der Waals surface area contributed by atoms with Crippen molar-refractivity contribution in [1.29, 1.82) is 0 Å². The van der Waals surface area contributed by atoms with Gasteiger partial charge >= 0.3 is 6.09 Å². The number of nitrogens with zero attached hydrogens (tertiary/aromatic N) is 2. The lowest BCUT2D eigenvalue weighted by atomic mass is 10.1. The molecule has 0 heterocycles. The standard InChI is InChI=1S/C14H19ClN2O3/c1-14(2,3)20-13(18)17(4)9-10-5-7-11(8-6-10)12(15)16-19/h5-8,12H,9H2,1-4H3. The number of nitroso groups, excluding NO2 is 1. The van der Waals surface area contributed by atoms with Crippen LogP contribution in [0.15, 0.2) is 29.4 Å². The van der Waals surface area contributed by atoms with Crippen molar-refractivity contribution < 1.29 is 9.53 Å². The van der Waals surface area contributed by atoms with Gasteiger partial charge in [0.25, 0.3) is 0 Å². The molecule has 1 rings (SSSR count). The van der Waals surface area contributed by atoms with Gasteiger partial charge in [0, 0.05) is 13.6 Å². The van der Waals surface area contributed by atoms with E-state index in [1.165, 1.54) is 4.90 Å².